The van der Waals surface area contributed by atoms with Crippen molar-refractivity contribution in [2.24, 2.45) is 0 Å². The lowest BCUT2D eigenvalue weighted by Crippen LogP contribution is -2.27. The molecule has 134 valence electrons. The van der Waals surface area contributed by atoms with Gasteiger partial charge >= 0.3 is 0 Å². The zero-order valence-corrected chi connectivity index (χ0v) is 15.9. The van der Waals surface area contributed by atoms with Crippen molar-refractivity contribution in [1.29, 1.82) is 0 Å². The molecule has 1 N–H and O–H groups in total. The van der Waals surface area contributed by atoms with Gasteiger partial charge in [0.05, 0.1) is 16.5 Å². The van der Waals surface area contributed by atoms with Gasteiger partial charge in [0, 0.05) is 23.7 Å². The van der Waals surface area contributed by atoms with Gasteiger partial charge in [-0.05, 0) is 57.4 Å². The van der Waals surface area contributed by atoms with Crippen LogP contribution in [0, 0.1) is 13.8 Å². The number of nitrogens with zero attached hydrogens (tertiary/aromatic N) is 1. The zero-order valence-electron chi connectivity index (χ0n) is 15.0. The van der Waals surface area contributed by atoms with Gasteiger partial charge in [0.25, 0.3) is 5.91 Å². The number of rotatable bonds is 5. The average molecular weight is 360 g/mol. The Balaban J connectivity index is 1.76. The number of carbonyl (C=O) groups is 1. The standard InChI is InChI=1S/C19H24N2O3S/c1-12-11-18(14(3)21(12)16-7-8-16)19(22)20-13(2)15-5-9-17(10-6-15)25(4,23)24/h5-6,9-11,13,16H,7-8H2,1-4H3,(H,20,22). The van der Waals surface area contributed by atoms with Gasteiger partial charge in [0.1, 0.15) is 0 Å². The molecule has 1 aliphatic rings. The van der Waals surface area contributed by atoms with E-state index in [2.05, 4.69) is 9.88 Å². The molecular weight excluding hydrogens is 336 g/mol. The summed E-state index contributed by atoms with van der Waals surface area (Å²) in [4.78, 5) is 12.9. The van der Waals surface area contributed by atoms with Crippen molar-refractivity contribution < 1.29 is 13.2 Å². The van der Waals surface area contributed by atoms with Crippen molar-refractivity contribution in [3.63, 3.8) is 0 Å². The van der Waals surface area contributed by atoms with Gasteiger partial charge in [0.2, 0.25) is 0 Å². The molecule has 0 spiro atoms. The normalized spacial score (nSPS) is 15.8. The second-order valence-corrected chi connectivity index (χ2v) is 8.94. The number of sulfone groups is 1. The predicted molar refractivity (Wildman–Crippen MR) is 97.6 cm³/mol. The lowest BCUT2D eigenvalue weighted by molar-refractivity contribution is 0.0939. The fraction of sp³-hybridized carbons (Fsp3) is 0.421. The van der Waals surface area contributed by atoms with Gasteiger partial charge in [-0.2, -0.15) is 0 Å². The third-order valence-corrected chi connectivity index (χ3v) is 5.93. The summed E-state index contributed by atoms with van der Waals surface area (Å²) in [7, 11) is -3.21. The second kappa shape index (κ2) is 6.33. The molecule has 1 amide bonds. The average Bonchev–Trinajstić information content (AvgIpc) is 3.32. The van der Waals surface area contributed by atoms with Crippen LogP contribution < -0.4 is 5.32 Å². The summed E-state index contributed by atoms with van der Waals surface area (Å²) in [5.74, 6) is -0.0975. The van der Waals surface area contributed by atoms with E-state index >= 15 is 0 Å². The smallest absolute Gasteiger partial charge is 0.253 e. The van der Waals surface area contributed by atoms with E-state index in [1.807, 2.05) is 26.8 Å². The van der Waals surface area contributed by atoms with Crippen molar-refractivity contribution in [2.45, 2.75) is 50.6 Å². The maximum absolute atomic E-state index is 12.7. The molecule has 3 rings (SSSR count). The van der Waals surface area contributed by atoms with Crippen LogP contribution in [-0.4, -0.2) is 25.1 Å². The molecule has 0 aliphatic heterocycles. The SMILES string of the molecule is Cc1cc(C(=O)NC(C)c2ccc(S(C)(=O)=O)cc2)c(C)n1C1CC1. The van der Waals surface area contributed by atoms with Crippen LogP contribution in [0.2, 0.25) is 0 Å². The quantitative estimate of drug-likeness (QED) is 0.889. The highest BCUT2D eigenvalue weighted by Gasteiger charge is 2.28. The Kier molecular flexibility index (Phi) is 4.49. The highest BCUT2D eigenvalue weighted by atomic mass is 32.2. The molecule has 1 unspecified atom stereocenters. The first-order chi connectivity index (χ1) is 11.7. The van der Waals surface area contributed by atoms with E-state index in [1.54, 1.807) is 24.3 Å². The number of nitrogens with one attached hydrogen (secondary N) is 1. The first kappa shape index (κ1) is 17.7. The van der Waals surface area contributed by atoms with Crippen LogP contribution >= 0.6 is 0 Å². The van der Waals surface area contributed by atoms with E-state index in [0.29, 0.717) is 11.6 Å². The first-order valence-electron chi connectivity index (χ1n) is 8.48. The molecule has 25 heavy (non-hydrogen) atoms. The largest absolute Gasteiger partial charge is 0.345 e. The molecule has 5 nitrogen and oxygen atoms in total. The van der Waals surface area contributed by atoms with Gasteiger partial charge in [0.15, 0.2) is 9.84 Å². The molecule has 1 saturated carbocycles. The Hall–Kier alpha value is -2.08. The molecule has 1 aromatic heterocycles. The fourth-order valence-corrected chi connectivity index (χ4v) is 3.89. The molecule has 1 aromatic carbocycles. The summed E-state index contributed by atoms with van der Waals surface area (Å²) in [5, 5.41) is 3.01. The minimum absolute atomic E-state index is 0.0975. The monoisotopic (exact) mass is 360 g/mol. The molecular formula is C19H24N2O3S. The van der Waals surface area contributed by atoms with Crippen molar-refractivity contribution >= 4 is 15.7 Å². The van der Waals surface area contributed by atoms with Crippen LogP contribution in [0.1, 0.15) is 59.2 Å². The van der Waals surface area contributed by atoms with Gasteiger partial charge in [-0.3, -0.25) is 4.79 Å². The highest BCUT2D eigenvalue weighted by molar-refractivity contribution is 7.90. The third kappa shape index (κ3) is 3.63. The van der Waals surface area contributed by atoms with Crippen LogP contribution in [-0.2, 0) is 9.84 Å². The Labute approximate surface area is 149 Å². The Morgan fingerprint density at radius 1 is 1.20 bits per heavy atom. The van der Waals surface area contributed by atoms with Crippen molar-refractivity contribution in [3.8, 4) is 0 Å². The van der Waals surface area contributed by atoms with Crippen LogP contribution in [0.15, 0.2) is 35.2 Å². The highest BCUT2D eigenvalue weighted by Crippen LogP contribution is 2.38. The number of hydrogen-bond acceptors (Lipinski definition) is 3. The molecule has 1 fully saturated rings. The summed E-state index contributed by atoms with van der Waals surface area (Å²) in [6.45, 7) is 5.93. The topological polar surface area (TPSA) is 68.2 Å². The summed E-state index contributed by atoms with van der Waals surface area (Å²) >= 11 is 0. The number of aryl methyl sites for hydroxylation is 1. The molecule has 6 heteroatoms. The third-order valence-electron chi connectivity index (χ3n) is 4.80. The number of benzene rings is 1. The van der Waals surface area contributed by atoms with Gasteiger partial charge in [-0.15, -0.1) is 0 Å². The van der Waals surface area contributed by atoms with E-state index < -0.39 is 9.84 Å². The molecule has 1 atom stereocenters. The van der Waals surface area contributed by atoms with E-state index in [4.69, 9.17) is 0 Å². The van der Waals surface area contributed by atoms with E-state index in [-0.39, 0.29) is 16.8 Å². The maximum Gasteiger partial charge on any atom is 0.253 e. The number of carbonyl (C=O) groups excluding carboxylic acids is 1. The molecule has 1 aliphatic carbocycles. The van der Waals surface area contributed by atoms with Crippen LogP contribution in [0.25, 0.3) is 0 Å². The van der Waals surface area contributed by atoms with Gasteiger partial charge < -0.3 is 9.88 Å². The van der Waals surface area contributed by atoms with Gasteiger partial charge in [-0.25, -0.2) is 8.42 Å². The molecule has 2 aromatic rings. The lowest BCUT2D eigenvalue weighted by Gasteiger charge is -2.15. The van der Waals surface area contributed by atoms with Crippen LogP contribution in [0.3, 0.4) is 0 Å². The Morgan fingerprint density at radius 3 is 2.32 bits per heavy atom. The van der Waals surface area contributed by atoms with Crippen molar-refractivity contribution in [2.75, 3.05) is 6.26 Å². The fourth-order valence-electron chi connectivity index (χ4n) is 3.26. The second-order valence-electron chi connectivity index (χ2n) is 6.92. The molecule has 0 radical (unpaired) electrons. The van der Waals surface area contributed by atoms with E-state index in [0.717, 1.165) is 17.0 Å². The van der Waals surface area contributed by atoms with Gasteiger partial charge in [-0.1, -0.05) is 12.1 Å². The van der Waals surface area contributed by atoms with Crippen molar-refractivity contribution in [1.82, 2.24) is 9.88 Å². The Morgan fingerprint density at radius 2 is 1.80 bits per heavy atom. The summed E-state index contributed by atoms with van der Waals surface area (Å²) in [6, 6.07) is 8.93. The van der Waals surface area contributed by atoms with E-state index in [9.17, 15) is 13.2 Å². The predicted octanol–water partition coefficient (Wildman–Crippen LogP) is 3.33. The molecule has 1 heterocycles. The minimum atomic E-state index is -3.21. The number of amides is 1. The molecule has 0 bridgehead atoms. The number of aromatic nitrogens is 1. The lowest BCUT2D eigenvalue weighted by atomic mass is 10.1. The maximum atomic E-state index is 12.7. The molecule has 0 saturated heterocycles. The minimum Gasteiger partial charge on any atom is -0.345 e. The zero-order chi connectivity index (χ0) is 18.4. The summed E-state index contributed by atoms with van der Waals surface area (Å²) in [6.07, 6.45) is 3.55. The van der Waals surface area contributed by atoms with Crippen LogP contribution in [0.5, 0.6) is 0 Å². The summed E-state index contributed by atoms with van der Waals surface area (Å²) < 4.78 is 25.3. The summed E-state index contributed by atoms with van der Waals surface area (Å²) in [5.41, 5.74) is 3.72. The number of hydrogen-bond donors (Lipinski definition) is 1. The van der Waals surface area contributed by atoms with E-state index in [1.165, 1.54) is 19.1 Å². The first-order valence-corrected chi connectivity index (χ1v) is 10.4. The Bertz CT molecular complexity index is 907. The van der Waals surface area contributed by atoms with Crippen LogP contribution in [0.4, 0.5) is 0 Å². The van der Waals surface area contributed by atoms with Crippen molar-refractivity contribution in [3.05, 3.63) is 52.8 Å².